The molecule has 2 aromatic rings. The third-order valence-corrected chi connectivity index (χ3v) is 2.21. The molecule has 2 rings (SSSR count). The third kappa shape index (κ3) is 1.13. The molecule has 0 N–H and O–H groups in total. The smallest absolute Gasteiger partial charge is 0.295 e. The fraction of sp³-hybridized carbons (Fsp3) is 0.200. The van der Waals surface area contributed by atoms with Crippen LogP contribution in [0.4, 0.5) is 0 Å². The fourth-order valence-corrected chi connectivity index (χ4v) is 1.45. The topological polar surface area (TPSA) is 34.9 Å². The summed E-state index contributed by atoms with van der Waals surface area (Å²) in [4.78, 5) is 15.2. The maximum Gasteiger partial charge on any atom is 0.348 e. The van der Waals surface area contributed by atoms with Gasteiger partial charge >= 0.3 is 5.69 Å². The second-order valence-electron chi connectivity index (χ2n) is 3.06. The van der Waals surface area contributed by atoms with E-state index in [1.165, 1.54) is 0 Å². The van der Waals surface area contributed by atoms with Crippen molar-refractivity contribution in [3.05, 3.63) is 40.4 Å². The summed E-state index contributed by atoms with van der Waals surface area (Å²) in [5.74, 6) is 0. The molecule has 13 heavy (non-hydrogen) atoms. The van der Waals surface area contributed by atoms with Crippen LogP contribution in [0.25, 0.3) is 10.9 Å². The Morgan fingerprint density at radius 3 is 2.77 bits per heavy atom. The standard InChI is InChI=1S/C10H10N2O/c1-7-8-5-3-4-6-9(8)12(2)10(13)11-7/h3-6H,1-2H3. The van der Waals surface area contributed by atoms with Crippen LogP contribution >= 0.6 is 0 Å². The van der Waals surface area contributed by atoms with E-state index < -0.39 is 0 Å². The van der Waals surface area contributed by atoms with Crippen LogP contribution in [-0.4, -0.2) is 9.55 Å². The number of aryl methyl sites for hydroxylation is 2. The van der Waals surface area contributed by atoms with Crippen molar-refractivity contribution in [2.24, 2.45) is 7.05 Å². The minimum atomic E-state index is -0.198. The van der Waals surface area contributed by atoms with Gasteiger partial charge in [-0.2, -0.15) is 4.98 Å². The Kier molecular flexibility index (Phi) is 1.65. The Labute approximate surface area is 75.7 Å². The van der Waals surface area contributed by atoms with Crippen LogP contribution in [0, 0.1) is 6.92 Å². The Bertz CT molecular complexity index is 514. The normalized spacial score (nSPS) is 10.6. The molecule has 0 aliphatic carbocycles. The van der Waals surface area contributed by atoms with Gasteiger partial charge < -0.3 is 0 Å². The lowest BCUT2D eigenvalue weighted by molar-refractivity contribution is 0.842. The number of hydrogen-bond donors (Lipinski definition) is 0. The summed E-state index contributed by atoms with van der Waals surface area (Å²) in [5.41, 5.74) is 1.52. The van der Waals surface area contributed by atoms with Crippen LogP contribution in [0.3, 0.4) is 0 Å². The summed E-state index contributed by atoms with van der Waals surface area (Å²) in [7, 11) is 1.73. The van der Waals surface area contributed by atoms with Crippen molar-refractivity contribution >= 4 is 10.9 Å². The van der Waals surface area contributed by atoms with Crippen LogP contribution < -0.4 is 5.69 Å². The predicted octanol–water partition coefficient (Wildman–Crippen LogP) is 1.24. The summed E-state index contributed by atoms with van der Waals surface area (Å²) in [5, 5.41) is 1.03. The number of fused-ring (bicyclic) bond motifs is 1. The van der Waals surface area contributed by atoms with Crippen molar-refractivity contribution in [1.29, 1.82) is 0 Å². The van der Waals surface area contributed by atoms with Crippen LogP contribution in [0.5, 0.6) is 0 Å². The zero-order valence-corrected chi connectivity index (χ0v) is 7.61. The first-order chi connectivity index (χ1) is 6.20. The van der Waals surface area contributed by atoms with E-state index in [0.29, 0.717) is 0 Å². The van der Waals surface area contributed by atoms with E-state index in [9.17, 15) is 4.79 Å². The first-order valence-electron chi connectivity index (χ1n) is 4.12. The highest BCUT2D eigenvalue weighted by molar-refractivity contribution is 5.80. The number of para-hydroxylation sites is 1. The highest BCUT2D eigenvalue weighted by atomic mass is 16.1. The molecule has 0 bridgehead atoms. The quantitative estimate of drug-likeness (QED) is 0.602. The van der Waals surface area contributed by atoms with Gasteiger partial charge in [-0.15, -0.1) is 0 Å². The number of nitrogens with zero attached hydrogens (tertiary/aromatic N) is 2. The number of aromatic nitrogens is 2. The monoisotopic (exact) mass is 174 g/mol. The molecule has 0 unspecified atom stereocenters. The first kappa shape index (κ1) is 7.98. The van der Waals surface area contributed by atoms with Crippen molar-refractivity contribution < 1.29 is 0 Å². The molecule has 1 aromatic carbocycles. The van der Waals surface area contributed by atoms with Crippen LogP contribution in [0.2, 0.25) is 0 Å². The van der Waals surface area contributed by atoms with Crippen molar-refractivity contribution in [2.75, 3.05) is 0 Å². The van der Waals surface area contributed by atoms with Crippen molar-refractivity contribution in [1.82, 2.24) is 9.55 Å². The molecule has 0 atom stereocenters. The van der Waals surface area contributed by atoms with Gasteiger partial charge in [0.05, 0.1) is 11.2 Å². The molecule has 66 valence electrons. The molecule has 0 amide bonds. The van der Waals surface area contributed by atoms with E-state index in [1.807, 2.05) is 31.2 Å². The first-order valence-corrected chi connectivity index (χ1v) is 4.12. The van der Waals surface area contributed by atoms with Crippen LogP contribution in [0.1, 0.15) is 5.69 Å². The Morgan fingerprint density at radius 2 is 2.00 bits per heavy atom. The van der Waals surface area contributed by atoms with E-state index in [-0.39, 0.29) is 5.69 Å². The van der Waals surface area contributed by atoms with Crippen molar-refractivity contribution in [3.63, 3.8) is 0 Å². The SMILES string of the molecule is Cc1nc(=O)n(C)c2ccccc12. The number of benzene rings is 1. The van der Waals surface area contributed by atoms with E-state index in [1.54, 1.807) is 11.6 Å². The molecular formula is C10H10N2O. The van der Waals surface area contributed by atoms with Gasteiger partial charge in [-0.1, -0.05) is 18.2 Å². The molecule has 0 aliphatic rings. The van der Waals surface area contributed by atoms with E-state index in [2.05, 4.69) is 4.98 Å². The number of hydrogen-bond acceptors (Lipinski definition) is 2. The van der Waals surface area contributed by atoms with Gasteiger partial charge in [0.25, 0.3) is 0 Å². The lowest BCUT2D eigenvalue weighted by atomic mass is 10.2. The molecule has 0 saturated heterocycles. The Hall–Kier alpha value is -1.64. The fourth-order valence-electron chi connectivity index (χ4n) is 1.45. The minimum Gasteiger partial charge on any atom is -0.295 e. The molecule has 0 saturated carbocycles. The third-order valence-electron chi connectivity index (χ3n) is 2.21. The van der Waals surface area contributed by atoms with Gasteiger partial charge in [-0.05, 0) is 13.0 Å². The largest absolute Gasteiger partial charge is 0.348 e. The molecule has 1 aromatic heterocycles. The molecule has 0 fully saturated rings. The van der Waals surface area contributed by atoms with Gasteiger partial charge in [-0.25, -0.2) is 4.79 Å². The van der Waals surface area contributed by atoms with Crippen molar-refractivity contribution in [3.8, 4) is 0 Å². The van der Waals surface area contributed by atoms with E-state index >= 15 is 0 Å². The van der Waals surface area contributed by atoms with Gasteiger partial charge in [0.15, 0.2) is 0 Å². The molecule has 0 aliphatic heterocycles. The molecule has 1 heterocycles. The van der Waals surface area contributed by atoms with Crippen LogP contribution in [0.15, 0.2) is 29.1 Å². The average molecular weight is 174 g/mol. The highest BCUT2D eigenvalue weighted by Gasteiger charge is 2.02. The second-order valence-corrected chi connectivity index (χ2v) is 3.06. The van der Waals surface area contributed by atoms with Crippen molar-refractivity contribution in [2.45, 2.75) is 6.92 Å². The average Bonchev–Trinajstić information content (AvgIpc) is 2.15. The Balaban J connectivity index is 3.06. The lowest BCUT2D eigenvalue weighted by Gasteiger charge is -2.04. The van der Waals surface area contributed by atoms with Crippen LogP contribution in [-0.2, 0) is 7.05 Å². The maximum absolute atomic E-state index is 11.3. The molecular weight excluding hydrogens is 164 g/mol. The lowest BCUT2D eigenvalue weighted by Crippen LogP contribution is -2.21. The summed E-state index contributed by atoms with van der Waals surface area (Å²) in [6.07, 6.45) is 0. The molecule has 3 heteroatoms. The second kappa shape index (κ2) is 2.69. The predicted molar refractivity (Wildman–Crippen MR) is 51.7 cm³/mol. The molecule has 0 radical (unpaired) electrons. The zero-order valence-electron chi connectivity index (χ0n) is 7.61. The Morgan fingerprint density at radius 1 is 1.31 bits per heavy atom. The molecule has 0 spiro atoms. The van der Waals surface area contributed by atoms with Gasteiger partial charge in [0.2, 0.25) is 0 Å². The van der Waals surface area contributed by atoms with Gasteiger partial charge in [0, 0.05) is 12.4 Å². The summed E-state index contributed by atoms with van der Waals surface area (Å²) < 4.78 is 1.56. The maximum atomic E-state index is 11.3. The van der Waals surface area contributed by atoms with E-state index in [4.69, 9.17) is 0 Å². The highest BCUT2D eigenvalue weighted by Crippen LogP contribution is 2.12. The van der Waals surface area contributed by atoms with Gasteiger partial charge in [-0.3, -0.25) is 4.57 Å². The van der Waals surface area contributed by atoms with E-state index in [0.717, 1.165) is 16.6 Å². The van der Waals surface area contributed by atoms with Gasteiger partial charge in [0.1, 0.15) is 0 Å². The summed E-state index contributed by atoms with van der Waals surface area (Å²) in [6, 6.07) is 7.76. The summed E-state index contributed by atoms with van der Waals surface area (Å²) in [6.45, 7) is 1.85. The number of rotatable bonds is 0. The zero-order chi connectivity index (χ0) is 9.42. The minimum absolute atomic E-state index is 0.198. The molecule has 3 nitrogen and oxygen atoms in total. The summed E-state index contributed by atoms with van der Waals surface area (Å²) >= 11 is 0.